The molecular formula is C44H70NO12P. The summed E-state index contributed by atoms with van der Waals surface area (Å²) in [5.41, 5.74) is 1.54. The number of cyclic esters (lactones) is 1. The van der Waals surface area contributed by atoms with Crippen molar-refractivity contribution in [1.82, 2.24) is 4.90 Å². The Labute approximate surface area is 347 Å². The molecule has 0 aromatic carbocycles. The molecule has 2 bridgehead atoms. The van der Waals surface area contributed by atoms with Crippen LogP contribution in [-0.4, -0.2) is 132 Å². The van der Waals surface area contributed by atoms with E-state index in [-0.39, 0.29) is 49.3 Å². The van der Waals surface area contributed by atoms with Crippen molar-refractivity contribution in [3.63, 3.8) is 0 Å². The summed E-state index contributed by atoms with van der Waals surface area (Å²) in [7, 11) is 7.44. The summed E-state index contributed by atoms with van der Waals surface area (Å²) in [6.45, 7) is 11.1. The van der Waals surface area contributed by atoms with Crippen LogP contribution >= 0.6 is 9.24 Å². The van der Waals surface area contributed by atoms with E-state index < -0.39 is 83.9 Å². The van der Waals surface area contributed by atoms with Gasteiger partial charge in [-0.2, -0.15) is 0 Å². The van der Waals surface area contributed by atoms with Crippen molar-refractivity contribution in [3.8, 4) is 0 Å². The van der Waals surface area contributed by atoms with Gasteiger partial charge in [0.2, 0.25) is 5.79 Å². The van der Waals surface area contributed by atoms with E-state index in [2.05, 4.69) is 15.8 Å². The summed E-state index contributed by atoms with van der Waals surface area (Å²) in [6, 6.07) is -1.14. The van der Waals surface area contributed by atoms with Crippen LogP contribution in [0.15, 0.2) is 36.0 Å². The SMILES string of the molecule is C=CC[C@@H]1/C=C(\C)C[C@H](P)C[C@H](OC)[C@H]2O[C@@](O)(C(=O)C(=O)N3CCCC[C@H]3C(=O)O[C@H](/C(C)=C/CC3CC[C@@H](O)[C@H](OC)C3)[C@H](C)[C@@H](O)CC1=O)[C@H](C)C[C@@H]2OC. The number of aliphatic hydroxyl groups is 3. The smallest absolute Gasteiger partial charge is 0.329 e. The maximum atomic E-state index is 14.3. The molecule has 0 spiro atoms. The molecule has 328 valence electrons. The number of esters is 1. The number of rotatable bonds is 8. The molecule has 4 rings (SSSR count). The predicted octanol–water partition coefficient (Wildman–Crippen LogP) is 4.64. The van der Waals surface area contributed by atoms with Crippen molar-refractivity contribution in [2.45, 2.75) is 165 Å². The molecular weight excluding hydrogens is 765 g/mol. The van der Waals surface area contributed by atoms with Gasteiger partial charge in [0.1, 0.15) is 24.0 Å². The van der Waals surface area contributed by atoms with Crippen LogP contribution in [0, 0.1) is 23.7 Å². The second-order valence-electron chi connectivity index (χ2n) is 17.3. The lowest BCUT2D eigenvalue weighted by atomic mass is 9.82. The van der Waals surface area contributed by atoms with Crippen LogP contribution in [0.2, 0.25) is 0 Å². The number of nitrogens with zero attached hydrogens (tertiary/aromatic N) is 1. The largest absolute Gasteiger partial charge is 0.456 e. The van der Waals surface area contributed by atoms with Crippen LogP contribution in [-0.2, 0) is 42.9 Å². The first kappa shape index (κ1) is 48.3. The molecule has 0 aromatic heterocycles. The Bertz CT molecular complexity index is 1500. The Hall–Kier alpha value is -2.35. The van der Waals surface area contributed by atoms with Crippen molar-refractivity contribution in [1.29, 1.82) is 0 Å². The molecule has 13 nitrogen and oxygen atoms in total. The first-order valence-corrected chi connectivity index (χ1v) is 21.8. The fraction of sp³-hybridized carbons (Fsp3) is 0.773. The van der Waals surface area contributed by atoms with E-state index in [1.54, 1.807) is 27.0 Å². The Morgan fingerprint density at radius 2 is 1.62 bits per heavy atom. The van der Waals surface area contributed by atoms with E-state index in [0.29, 0.717) is 56.9 Å². The number of carbonyl (C=O) groups excluding carboxylic acids is 4. The number of carbonyl (C=O) groups is 4. The van der Waals surface area contributed by atoms with Crippen molar-refractivity contribution in [3.05, 3.63) is 36.0 Å². The fourth-order valence-corrected chi connectivity index (χ4v) is 9.95. The third-order valence-electron chi connectivity index (χ3n) is 13.0. The number of fused-ring (bicyclic) bond motifs is 3. The van der Waals surface area contributed by atoms with Crippen molar-refractivity contribution in [2.75, 3.05) is 27.9 Å². The summed E-state index contributed by atoms with van der Waals surface area (Å²) < 4.78 is 29.7. The molecule has 2 saturated heterocycles. The minimum atomic E-state index is -2.51. The van der Waals surface area contributed by atoms with Crippen LogP contribution in [0.4, 0.5) is 0 Å². The van der Waals surface area contributed by atoms with E-state index in [9.17, 15) is 34.5 Å². The van der Waals surface area contributed by atoms with Gasteiger partial charge in [-0.25, -0.2) is 4.79 Å². The van der Waals surface area contributed by atoms with Gasteiger partial charge in [0.25, 0.3) is 11.7 Å². The van der Waals surface area contributed by atoms with Gasteiger partial charge in [0.15, 0.2) is 0 Å². The molecule has 58 heavy (non-hydrogen) atoms. The molecule has 2 unspecified atom stereocenters. The molecule has 3 N–H and O–H groups in total. The number of ether oxygens (including phenoxy) is 5. The van der Waals surface area contributed by atoms with Crippen molar-refractivity contribution >= 4 is 32.7 Å². The molecule has 0 radical (unpaired) electrons. The number of amides is 1. The lowest BCUT2D eigenvalue weighted by Gasteiger charge is -2.47. The zero-order valence-electron chi connectivity index (χ0n) is 35.7. The molecule has 0 aromatic rings. The normalized spacial score (nSPS) is 40.5. The first-order chi connectivity index (χ1) is 27.5. The number of hydrogen-bond donors (Lipinski definition) is 3. The number of aliphatic hydroxyl groups excluding tert-OH is 2. The van der Waals surface area contributed by atoms with Gasteiger partial charge in [0, 0.05) is 52.0 Å². The molecule has 4 aliphatic rings. The van der Waals surface area contributed by atoms with Crippen LogP contribution in [0.3, 0.4) is 0 Å². The zero-order valence-corrected chi connectivity index (χ0v) is 36.8. The molecule has 14 heteroatoms. The van der Waals surface area contributed by atoms with Crippen LogP contribution in [0.5, 0.6) is 0 Å². The highest BCUT2D eigenvalue weighted by atomic mass is 31.0. The van der Waals surface area contributed by atoms with Gasteiger partial charge >= 0.3 is 5.97 Å². The van der Waals surface area contributed by atoms with Gasteiger partial charge < -0.3 is 43.9 Å². The van der Waals surface area contributed by atoms with Gasteiger partial charge in [-0.1, -0.05) is 37.6 Å². The lowest BCUT2D eigenvalue weighted by molar-refractivity contribution is -0.302. The summed E-state index contributed by atoms with van der Waals surface area (Å²) >= 11 is 0. The molecule has 3 aliphatic heterocycles. The number of methoxy groups -OCH3 is 3. The van der Waals surface area contributed by atoms with Crippen molar-refractivity contribution < 1.29 is 58.2 Å². The Balaban J connectivity index is 1.75. The number of hydrogen-bond acceptors (Lipinski definition) is 12. The summed E-state index contributed by atoms with van der Waals surface area (Å²) in [5, 5.41) is 34.1. The third-order valence-corrected chi connectivity index (χ3v) is 13.5. The number of piperidine rings is 1. The maximum Gasteiger partial charge on any atom is 0.329 e. The minimum Gasteiger partial charge on any atom is -0.456 e. The average molecular weight is 836 g/mol. The van der Waals surface area contributed by atoms with E-state index in [0.717, 1.165) is 12.0 Å². The Morgan fingerprint density at radius 1 is 0.948 bits per heavy atom. The first-order valence-electron chi connectivity index (χ1n) is 21.1. The van der Waals surface area contributed by atoms with E-state index in [4.69, 9.17) is 23.7 Å². The molecule has 3 fully saturated rings. The van der Waals surface area contributed by atoms with Crippen LogP contribution in [0.25, 0.3) is 0 Å². The summed E-state index contributed by atoms with van der Waals surface area (Å²) in [6.07, 6.45) is 5.90. The van der Waals surface area contributed by atoms with E-state index >= 15 is 0 Å². The van der Waals surface area contributed by atoms with Gasteiger partial charge in [-0.15, -0.1) is 15.8 Å². The molecule has 15 atom stereocenters. The number of allylic oxidation sites excluding steroid dienone is 4. The Morgan fingerprint density at radius 3 is 2.28 bits per heavy atom. The number of Topliss-reactive ketones (excluding diaryl/α,β-unsaturated/α-hetero) is 2. The monoisotopic (exact) mass is 835 g/mol. The van der Waals surface area contributed by atoms with E-state index in [1.165, 1.54) is 19.1 Å². The molecule has 1 amide bonds. The predicted molar refractivity (Wildman–Crippen MR) is 222 cm³/mol. The lowest BCUT2D eigenvalue weighted by Crippen LogP contribution is -2.64. The van der Waals surface area contributed by atoms with E-state index in [1.807, 2.05) is 26.0 Å². The fourth-order valence-electron chi connectivity index (χ4n) is 9.31. The minimum absolute atomic E-state index is 0.0712. The number of ketones is 2. The Kier molecular flexibility index (Phi) is 18.3. The second kappa shape index (κ2) is 22.0. The van der Waals surface area contributed by atoms with Gasteiger partial charge in [-0.05, 0) is 102 Å². The summed E-state index contributed by atoms with van der Waals surface area (Å²) in [4.78, 5) is 57.8. The van der Waals surface area contributed by atoms with Crippen LogP contribution < -0.4 is 0 Å². The summed E-state index contributed by atoms with van der Waals surface area (Å²) in [5.74, 6) is -7.54. The molecule has 1 saturated carbocycles. The maximum absolute atomic E-state index is 14.3. The van der Waals surface area contributed by atoms with Gasteiger partial charge in [0.05, 0.1) is 30.5 Å². The third kappa shape index (κ3) is 11.7. The topological polar surface area (TPSA) is 178 Å². The highest BCUT2D eigenvalue weighted by molar-refractivity contribution is 7.17. The van der Waals surface area contributed by atoms with Crippen molar-refractivity contribution in [2.24, 2.45) is 23.7 Å². The zero-order chi connectivity index (χ0) is 42.9. The second-order valence-corrected chi connectivity index (χ2v) is 18.2. The highest BCUT2D eigenvalue weighted by Gasteiger charge is 2.56. The molecule has 1 aliphatic carbocycles. The van der Waals surface area contributed by atoms with Crippen LogP contribution in [0.1, 0.15) is 105 Å². The average Bonchev–Trinajstić information content (AvgIpc) is 3.20. The standard InChI is InChI=1S/C44H70NO12P/c1-9-12-30-19-25(2)20-31(58)23-38(55-8)40-37(54-7)21-27(4)44(52,57-40)41(49)42(50)45-18-11-10-13-32(45)43(51)56-39(28(5)34(47)24-35(30)48)26(3)14-15-29-16-17-33(46)36(22-29)53-6/h9,14,19,27-34,36-40,46-47,52H,1,10-13,15-18,20-24,58H2,2-8H3/b25-19+,26-14+/t27-,28-,29?,30-,31+,32+,33-,34+,36-,37+,38+,39-,40+,44-/m1/s1. The van der Waals surface area contributed by atoms with Gasteiger partial charge in [-0.3, -0.25) is 14.4 Å². The highest BCUT2D eigenvalue weighted by Crippen LogP contribution is 2.39. The molecule has 3 heterocycles. The quantitative estimate of drug-likeness (QED) is 0.134.